The number of nitrogens with two attached hydrogens (primary N) is 1. The largest absolute Gasteiger partial charge is 0.493 e. The van der Waals surface area contributed by atoms with Crippen LogP contribution in [0.1, 0.15) is 54.5 Å². The molecule has 1 unspecified atom stereocenters. The van der Waals surface area contributed by atoms with Crippen LogP contribution in [-0.4, -0.2) is 24.6 Å². The summed E-state index contributed by atoms with van der Waals surface area (Å²) >= 11 is 0. The number of rotatable bonds is 10. The van der Waals surface area contributed by atoms with Crippen LogP contribution in [0.5, 0.6) is 11.5 Å². The van der Waals surface area contributed by atoms with Crippen molar-refractivity contribution in [2.45, 2.75) is 39.3 Å². The van der Waals surface area contributed by atoms with Crippen LogP contribution in [0.4, 0.5) is 8.78 Å². The maximum atomic E-state index is 14.0. The van der Waals surface area contributed by atoms with E-state index in [2.05, 4.69) is 10.3 Å². The smallest absolute Gasteiger partial charge is 0.273 e. The van der Waals surface area contributed by atoms with Crippen molar-refractivity contribution in [3.05, 3.63) is 65.1 Å². The van der Waals surface area contributed by atoms with E-state index in [0.29, 0.717) is 29.6 Å². The summed E-state index contributed by atoms with van der Waals surface area (Å²) in [6, 6.07) is 7.85. The van der Waals surface area contributed by atoms with Crippen molar-refractivity contribution in [1.82, 2.24) is 10.3 Å². The van der Waals surface area contributed by atoms with Crippen LogP contribution < -0.4 is 20.5 Å². The van der Waals surface area contributed by atoms with Gasteiger partial charge in [-0.1, -0.05) is 19.9 Å². The van der Waals surface area contributed by atoms with E-state index in [0.717, 1.165) is 25.0 Å². The Hall–Kier alpha value is -3.46. The van der Waals surface area contributed by atoms with Crippen LogP contribution >= 0.6 is 0 Å². The molecule has 4 rings (SSSR count). The van der Waals surface area contributed by atoms with Gasteiger partial charge in [-0.2, -0.15) is 0 Å². The number of benzene rings is 2. The second kappa shape index (κ2) is 10.4. The van der Waals surface area contributed by atoms with Gasteiger partial charge in [0.15, 0.2) is 23.0 Å². The first-order valence-corrected chi connectivity index (χ1v) is 11.6. The lowest BCUT2D eigenvalue weighted by Gasteiger charge is -2.14. The molecule has 2 aromatic carbocycles. The van der Waals surface area contributed by atoms with Gasteiger partial charge in [0.2, 0.25) is 5.89 Å². The molecule has 3 N–H and O–H groups in total. The number of nitrogens with one attached hydrogen (secondary N) is 1. The van der Waals surface area contributed by atoms with E-state index < -0.39 is 23.6 Å². The lowest BCUT2D eigenvalue weighted by atomic mass is 10.0. The minimum Gasteiger partial charge on any atom is -0.493 e. The summed E-state index contributed by atoms with van der Waals surface area (Å²) < 4.78 is 44.5. The molecule has 0 spiro atoms. The summed E-state index contributed by atoms with van der Waals surface area (Å²) in [5, 5.41) is 2.62. The zero-order chi connectivity index (χ0) is 25.1. The predicted molar refractivity (Wildman–Crippen MR) is 126 cm³/mol. The highest BCUT2D eigenvalue weighted by molar-refractivity contribution is 5.94. The third-order valence-electron chi connectivity index (χ3n) is 5.93. The van der Waals surface area contributed by atoms with E-state index >= 15 is 0 Å². The fraction of sp³-hybridized carbons (Fsp3) is 0.385. The van der Waals surface area contributed by atoms with Gasteiger partial charge < -0.3 is 24.9 Å². The van der Waals surface area contributed by atoms with Gasteiger partial charge in [-0.05, 0) is 48.9 Å². The van der Waals surface area contributed by atoms with Crippen molar-refractivity contribution < 1.29 is 27.5 Å². The van der Waals surface area contributed by atoms with E-state index in [1.807, 2.05) is 13.8 Å². The van der Waals surface area contributed by atoms with Crippen LogP contribution in [0.3, 0.4) is 0 Å². The summed E-state index contributed by atoms with van der Waals surface area (Å²) in [5.74, 6) is 0.0743. The summed E-state index contributed by atoms with van der Waals surface area (Å²) in [4.78, 5) is 17.4. The Kier molecular flexibility index (Phi) is 7.35. The maximum Gasteiger partial charge on any atom is 0.273 e. The molecule has 9 heteroatoms. The van der Waals surface area contributed by atoms with E-state index in [9.17, 15) is 13.6 Å². The molecule has 1 atom stereocenters. The van der Waals surface area contributed by atoms with Crippen LogP contribution in [0, 0.1) is 23.5 Å². The Morgan fingerprint density at radius 3 is 2.63 bits per heavy atom. The average Bonchev–Trinajstić information content (AvgIpc) is 3.56. The summed E-state index contributed by atoms with van der Waals surface area (Å²) in [5.41, 5.74) is 7.07. The number of hydrogen-bond donors (Lipinski definition) is 2. The first-order chi connectivity index (χ1) is 16.8. The minimum absolute atomic E-state index is 0.0139. The van der Waals surface area contributed by atoms with Crippen molar-refractivity contribution in [2.75, 3.05) is 13.7 Å². The number of carbonyl (C=O) groups is 1. The highest BCUT2D eigenvalue weighted by Crippen LogP contribution is 2.36. The molecule has 7 nitrogen and oxygen atoms in total. The second-order valence-corrected chi connectivity index (χ2v) is 9.04. The standard InChI is InChI=1S/C26H29F2N3O4/c1-14(2)22(29)24-23(25(32)30-12-17-6-8-18(27)11-19(17)28)31-26(35-24)16-7-9-20(33-3)21(10-16)34-13-15-4-5-15/h6-11,14-15,22H,4-5,12-13,29H2,1-3H3,(H,30,32). The molecule has 1 saturated carbocycles. The highest BCUT2D eigenvalue weighted by Gasteiger charge is 2.28. The third-order valence-corrected chi connectivity index (χ3v) is 5.93. The summed E-state index contributed by atoms with van der Waals surface area (Å²) in [6.07, 6.45) is 2.30. The average molecular weight is 486 g/mol. The molecule has 1 aliphatic carbocycles. The number of ether oxygens (including phenoxy) is 2. The second-order valence-electron chi connectivity index (χ2n) is 9.04. The number of carbonyl (C=O) groups excluding carboxylic acids is 1. The molecule has 1 aliphatic rings. The van der Waals surface area contributed by atoms with Gasteiger partial charge in [-0.25, -0.2) is 13.8 Å². The molecule has 0 radical (unpaired) electrons. The van der Waals surface area contributed by atoms with Gasteiger partial charge >= 0.3 is 0 Å². The molecule has 1 aromatic heterocycles. The monoisotopic (exact) mass is 485 g/mol. The molecule has 1 amide bonds. The third kappa shape index (κ3) is 5.79. The number of oxazole rings is 1. The fourth-order valence-electron chi connectivity index (χ4n) is 3.49. The van der Waals surface area contributed by atoms with E-state index in [-0.39, 0.29) is 35.4 Å². The SMILES string of the molecule is COc1ccc(-c2nc(C(=O)NCc3ccc(F)cc3F)c(C(N)C(C)C)o2)cc1OCC1CC1. The van der Waals surface area contributed by atoms with Crippen LogP contribution in [0.2, 0.25) is 0 Å². The molecule has 1 heterocycles. The predicted octanol–water partition coefficient (Wildman–Crippen LogP) is 5.00. The highest BCUT2D eigenvalue weighted by atomic mass is 19.1. The molecular formula is C26H29F2N3O4. The maximum absolute atomic E-state index is 14.0. The number of hydrogen-bond acceptors (Lipinski definition) is 6. The van der Waals surface area contributed by atoms with Crippen molar-refractivity contribution in [3.8, 4) is 23.0 Å². The van der Waals surface area contributed by atoms with Crippen molar-refractivity contribution in [3.63, 3.8) is 0 Å². The van der Waals surface area contributed by atoms with Crippen molar-refractivity contribution in [1.29, 1.82) is 0 Å². The molecule has 1 fully saturated rings. The van der Waals surface area contributed by atoms with Crippen LogP contribution in [0.25, 0.3) is 11.5 Å². The van der Waals surface area contributed by atoms with Crippen LogP contribution in [0.15, 0.2) is 40.8 Å². The summed E-state index contributed by atoms with van der Waals surface area (Å²) in [6.45, 7) is 4.26. The van der Waals surface area contributed by atoms with Gasteiger partial charge in [-0.3, -0.25) is 4.79 Å². The Bertz CT molecular complexity index is 1210. The normalized spacial score (nSPS) is 14.1. The first kappa shape index (κ1) is 24.7. The van der Waals surface area contributed by atoms with Gasteiger partial charge in [0.25, 0.3) is 5.91 Å². The molecular weight excluding hydrogens is 456 g/mol. The molecule has 0 bridgehead atoms. The molecule has 3 aromatic rings. The Morgan fingerprint density at radius 2 is 1.97 bits per heavy atom. The quantitative estimate of drug-likeness (QED) is 0.419. The van der Waals surface area contributed by atoms with E-state index in [1.165, 1.54) is 6.07 Å². The first-order valence-electron chi connectivity index (χ1n) is 11.6. The van der Waals surface area contributed by atoms with Gasteiger partial charge in [0.1, 0.15) is 11.6 Å². The molecule has 186 valence electrons. The van der Waals surface area contributed by atoms with Gasteiger partial charge in [0, 0.05) is 23.7 Å². The number of amides is 1. The van der Waals surface area contributed by atoms with Gasteiger partial charge in [0.05, 0.1) is 19.8 Å². The zero-order valence-electron chi connectivity index (χ0n) is 19.9. The number of methoxy groups -OCH3 is 1. The number of aromatic nitrogens is 1. The molecule has 0 saturated heterocycles. The van der Waals surface area contributed by atoms with Gasteiger partial charge in [-0.15, -0.1) is 0 Å². The fourth-order valence-corrected chi connectivity index (χ4v) is 3.49. The summed E-state index contributed by atoms with van der Waals surface area (Å²) in [7, 11) is 1.57. The van der Waals surface area contributed by atoms with Crippen molar-refractivity contribution >= 4 is 5.91 Å². The van der Waals surface area contributed by atoms with Crippen molar-refractivity contribution in [2.24, 2.45) is 17.6 Å². The zero-order valence-corrected chi connectivity index (χ0v) is 19.9. The van der Waals surface area contributed by atoms with Crippen LogP contribution in [-0.2, 0) is 6.54 Å². The Labute approximate surface area is 202 Å². The Balaban J connectivity index is 1.61. The topological polar surface area (TPSA) is 99.6 Å². The number of halogens is 2. The number of nitrogens with zero attached hydrogens (tertiary/aromatic N) is 1. The molecule has 0 aliphatic heterocycles. The Morgan fingerprint density at radius 1 is 1.20 bits per heavy atom. The van der Waals surface area contributed by atoms with E-state index in [4.69, 9.17) is 19.6 Å². The molecule has 35 heavy (non-hydrogen) atoms. The van der Waals surface area contributed by atoms with E-state index in [1.54, 1.807) is 25.3 Å². The lowest BCUT2D eigenvalue weighted by Crippen LogP contribution is -2.27. The lowest BCUT2D eigenvalue weighted by molar-refractivity contribution is 0.0943. The minimum atomic E-state index is -0.748.